The molecule has 0 heterocycles. The van der Waals surface area contributed by atoms with Crippen molar-refractivity contribution in [2.24, 2.45) is 0 Å². The zero-order valence-corrected chi connectivity index (χ0v) is 16.5. The van der Waals surface area contributed by atoms with E-state index in [1.807, 2.05) is 0 Å². The molecule has 0 radical (unpaired) electrons. The third-order valence-electron chi connectivity index (χ3n) is 3.25. The first kappa shape index (κ1) is 23.6. The molecule has 0 rings (SSSR count). The van der Waals surface area contributed by atoms with Crippen molar-refractivity contribution in [2.75, 3.05) is 0 Å². The number of phosphoric acid groups is 1. The average molecular weight is 392 g/mol. The van der Waals surface area contributed by atoms with E-state index < -0.39 is 14.5 Å². The fraction of sp³-hybridized carbons (Fsp3) is 1.00. The summed E-state index contributed by atoms with van der Waals surface area (Å²) in [5.74, 6) is 0. The Kier molecular flexibility index (Phi) is 13.3. The number of unbranched alkanes of at least 4 members (excludes halogenated alkanes) is 8. The molecule has 23 heavy (non-hydrogen) atoms. The van der Waals surface area contributed by atoms with E-state index >= 15 is 0 Å². The molecule has 0 aromatic heterocycles. The molecule has 0 spiro atoms. The Labute approximate surface area is 144 Å². The minimum atomic E-state index is -4.85. The lowest BCUT2D eigenvalue weighted by atomic mass is 10.1. The molecule has 0 aromatic rings. The van der Waals surface area contributed by atoms with Gasteiger partial charge in [-0.1, -0.05) is 64.7 Å². The Morgan fingerprint density at radius 1 is 0.913 bits per heavy atom. The van der Waals surface area contributed by atoms with Crippen LogP contribution >= 0.6 is 14.5 Å². The molecular formula is C13H30O7P2S. The third-order valence-corrected chi connectivity index (χ3v) is 4.97. The lowest BCUT2D eigenvalue weighted by Gasteiger charge is -2.19. The Hall–Kier alpha value is 0.640. The lowest BCUT2D eigenvalue weighted by molar-refractivity contribution is -0.138. The highest BCUT2D eigenvalue weighted by Crippen LogP contribution is 2.51. The normalized spacial score (nSPS) is 16.2. The molecule has 2 unspecified atom stereocenters. The van der Waals surface area contributed by atoms with Gasteiger partial charge in [0.05, 0.1) is 6.10 Å². The van der Waals surface area contributed by atoms with Crippen molar-refractivity contribution in [3.8, 4) is 0 Å². The second-order valence-electron chi connectivity index (χ2n) is 5.64. The van der Waals surface area contributed by atoms with E-state index in [9.17, 15) is 9.46 Å². The van der Waals surface area contributed by atoms with E-state index in [0.29, 0.717) is 6.42 Å². The zero-order valence-electron chi connectivity index (χ0n) is 13.9. The Morgan fingerprint density at radius 2 is 1.39 bits per heavy atom. The van der Waals surface area contributed by atoms with Crippen molar-refractivity contribution < 1.29 is 33.1 Å². The second-order valence-corrected chi connectivity index (χ2v) is 9.45. The van der Waals surface area contributed by atoms with Crippen molar-refractivity contribution in [3.05, 3.63) is 0 Å². The van der Waals surface area contributed by atoms with Gasteiger partial charge in [-0.05, 0) is 25.2 Å². The van der Waals surface area contributed by atoms with Gasteiger partial charge < -0.3 is 19.2 Å². The summed E-state index contributed by atoms with van der Waals surface area (Å²) >= 11 is 4.61. The predicted molar refractivity (Wildman–Crippen MR) is 93.1 cm³/mol. The smallest absolute Gasteiger partial charge is 0.323 e. The maximum absolute atomic E-state index is 10.5. The molecule has 140 valence electrons. The highest BCUT2D eigenvalue weighted by molar-refractivity contribution is 8.07. The summed E-state index contributed by atoms with van der Waals surface area (Å²) in [5, 5.41) is 0. The molecule has 0 aliphatic heterocycles. The van der Waals surface area contributed by atoms with Crippen LogP contribution in [0.15, 0.2) is 0 Å². The fourth-order valence-electron chi connectivity index (χ4n) is 2.13. The number of rotatable bonds is 15. The lowest BCUT2D eigenvalue weighted by Crippen LogP contribution is -2.07. The van der Waals surface area contributed by atoms with Crippen molar-refractivity contribution in [3.63, 3.8) is 0 Å². The predicted octanol–water partition coefficient (Wildman–Crippen LogP) is 4.57. The van der Waals surface area contributed by atoms with Gasteiger partial charge in [-0.15, -0.1) is 9.35 Å². The van der Waals surface area contributed by atoms with Crippen LogP contribution < -0.4 is 0 Å². The SMILES string of the molecule is CCCCCCCCCCCC(C)OP(O)(=S)OOP(=O)(O)O. The molecule has 10 heteroatoms. The zero-order chi connectivity index (χ0) is 17.8. The number of hydrogen-bond donors (Lipinski definition) is 3. The summed E-state index contributed by atoms with van der Waals surface area (Å²) in [6.07, 6.45) is 11.2. The van der Waals surface area contributed by atoms with E-state index in [1.165, 1.54) is 44.9 Å². The standard InChI is InChI=1S/C13H30O7P2S/c1-3-4-5-6-7-8-9-10-11-12-13(2)18-22(17,23)20-19-21(14,15)16/h13H,3-12H2,1-2H3,(H,17,23)(H2,14,15,16). The van der Waals surface area contributed by atoms with Gasteiger partial charge in [-0.25, -0.2) is 4.57 Å². The molecule has 2 atom stereocenters. The van der Waals surface area contributed by atoms with Crippen LogP contribution in [0.2, 0.25) is 0 Å². The van der Waals surface area contributed by atoms with Crippen LogP contribution in [0.25, 0.3) is 0 Å². The van der Waals surface area contributed by atoms with E-state index in [-0.39, 0.29) is 6.10 Å². The molecule has 0 bridgehead atoms. The van der Waals surface area contributed by atoms with Crippen LogP contribution in [0.1, 0.15) is 78.1 Å². The van der Waals surface area contributed by atoms with Gasteiger partial charge in [0.15, 0.2) is 0 Å². The molecule has 3 N–H and O–H groups in total. The van der Waals surface area contributed by atoms with Crippen LogP contribution in [0.5, 0.6) is 0 Å². The summed E-state index contributed by atoms with van der Waals surface area (Å²) in [6, 6.07) is 0. The van der Waals surface area contributed by atoms with Gasteiger partial charge >= 0.3 is 14.5 Å². The fourth-order valence-corrected chi connectivity index (χ4v) is 4.09. The van der Waals surface area contributed by atoms with Crippen molar-refractivity contribution >= 4 is 26.3 Å². The van der Waals surface area contributed by atoms with Crippen LogP contribution in [-0.4, -0.2) is 20.8 Å². The first-order valence-corrected chi connectivity index (χ1v) is 12.2. The summed E-state index contributed by atoms with van der Waals surface area (Å²) < 4.78 is 23.4. The second kappa shape index (κ2) is 12.9. The maximum atomic E-state index is 10.5. The Bertz CT molecular complexity index is 389. The van der Waals surface area contributed by atoms with Gasteiger partial charge in [0.1, 0.15) is 0 Å². The van der Waals surface area contributed by atoms with Crippen molar-refractivity contribution in [1.29, 1.82) is 0 Å². The molecule has 7 nitrogen and oxygen atoms in total. The van der Waals surface area contributed by atoms with Gasteiger partial charge in [0.2, 0.25) is 0 Å². The van der Waals surface area contributed by atoms with E-state index in [2.05, 4.69) is 28.1 Å². The molecule has 0 saturated heterocycles. The van der Waals surface area contributed by atoms with Gasteiger partial charge in [-0.2, -0.15) is 0 Å². The molecule has 0 fully saturated rings. The highest BCUT2D eigenvalue weighted by Gasteiger charge is 2.26. The molecule has 0 aliphatic rings. The minimum Gasteiger partial charge on any atom is -0.323 e. The van der Waals surface area contributed by atoms with Crippen LogP contribution in [0, 0.1) is 0 Å². The third kappa shape index (κ3) is 17.3. The first-order valence-electron chi connectivity index (χ1n) is 8.11. The molecule has 0 aromatic carbocycles. The van der Waals surface area contributed by atoms with E-state index in [1.54, 1.807) is 6.92 Å². The summed E-state index contributed by atoms with van der Waals surface area (Å²) in [4.78, 5) is 26.6. The maximum Gasteiger partial charge on any atom is 0.497 e. The molecular weight excluding hydrogens is 362 g/mol. The number of hydrogen-bond acceptors (Lipinski definition) is 5. The molecule has 0 aliphatic carbocycles. The summed E-state index contributed by atoms with van der Waals surface area (Å²) in [6.45, 7) is 0.129. The van der Waals surface area contributed by atoms with E-state index in [4.69, 9.17) is 14.3 Å². The molecule has 0 amide bonds. The highest BCUT2D eigenvalue weighted by atomic mass is 32.5. The summed E-state index contributed by atoms with van der Waals surface area (Å²) in [5.41, 5.74) is 0. The first-order chi connectivity index (χ1) is 10.7. The monoisotopic (exact) mass is 392 g/mol. The average Bonchev–Trinajstić information content (AvgIpc) is 2.42. The Balaban J connectivity index is 3.64. The van der Waals surface area contributed by atoms with Gasteiger partial charge in [0.25, 0.3) is 0 Å². The van der Waals surface area contributed by atoms with Gasteiger partial charge in [-0.3, -0.25) is 0 Å². The Morgan fingerprint density at radius 3 is 1.87 bits per heavy atom. The molecule has 0 saturated carbocycles. The quantitative estimate of drug-likeness (QED) is 0.161. The largest absolute Gasteiger partial charge is 0.497 e. The van der Waals surface area contributed by atoms with Crippen LogP contribution in [0.4, 0.5) is 0 Å². The van der Waals surface area contributed by atoms with E-state index in [0.717, 1.165) is 12.8 Å². The van der Waals surface area contributed by atoms with Crippen LogP contribution in [-0.2, 0) is 30.2 Å². The summed E-state index contributed by atoms with van der Waals surface area (Å²) in [7, 11) is -4.85. The van der Waals surface area contributed by atoms with Gasteiger partial charge in [0, 0.05) is 0 Å². The van der Waals surface area contributed by atoms with Crippen molar-refractivity contribution in [2.45, 2.75) is 84.2 Å². The topological polar surface area (TPSA) is 105 Å². The minimum absolute atomic E-state index is 0.365. The van der Waals surface area contributed by atoms with Crippen LogP contribution in [0.3, 0.4) is 0 Å². The van der Waals surface area contributed by atoms with Crippen molar-refractivity contribution in [1.82, 2.24) is 0 Å².